The first-order valence-corrected chi connectivity index (χ1v) is 9.44. The predicted molar refractivity (Wildman–Crippen MR) is 103 cm³/mol. The van der Waals surface area contributed by atoms with Crippen molar-refractivity contribution in [3.63, 3.8) is 0 Å². The van der Waals surface area contributed by atoms with Crippen LogP contribution in [-0.2, 0) is 19.2 Å². The number of hydrogen-bond donors (Lipinski definition) is 2. The molecule has 0 aromatic carbocycles. The van der Waals surface area contributed by atoms with Crippen molar-refractivity contribution in [2.75, 3.05) is 6.54 Å². The topological polar surface area (TPSA) is 122 Å². The van der Waals surface area contributed by atoms with Crippen LogP contribution in [0.2, 0.25) is 0 Å². The van der Waals surface area contributed by atoms with Gasteiger partial charge in [0, 0.05) is 25.6 Å². The highest BCUT2D eigenvalue weighted by molar-refractivity contribution is 6.00. The molecule has 28 heavy (non-hydrogen) atoms. The van der Waals surface area contributed by atoms with Crippen LogP contribution in [-0.4, -0.2) is 47.7 Å². The summed E-state index contributed by atoms with van der Waals surface area (Å²) in [6, 6.07) is 4.12. The van der Waals surface area contributed by atoms with Crippen LogP contribution in [0.3, 0.4) is 0 Å². The Balaban J connectivity index is 2.57. The maximum atomic E-state index is 12.5. The van der Waals surface area contributed by atoms with E-state index in [9.17, 15) is 24.0 Å². The molecule has 0 radical (unpaired) electrons. The third kappa shape index (κ3) is 8.20. The molecule has 8 nitrogen and oxygen atoms in total. The Morgan fingerprint density at radius 3 is 2.57 bits per heavy atom. The Kier molecular flexibility index (Phi) is 11.0. The molecule has 0 spiro atoms. The summed E-state index contributed by atoms with van der Waals surface area (Å²) in [4.78, 5) is 62.2. The van der Waals surface area contributed by atoms with Gasteiger partial charge in [0.2, 0.25) is 5.91 Å². The number of rotatable bonds is 14. The second-order valence-corrected chi connectivity index (χ2v) is 6.38. The van der Waals surface area contributed by atoms with Crippen molar-refractivity contribution in [3.8, 4) is 0 Å². The van der Waals surface area contributed by atoms with Gasteiger partial charge in [-0.3, -0.25) is 19.4 Å². The van der Waals surface area contributed by atoms with E-state index in [1.54, 1.807) is 18.2 Å². The van der Waals surface area contributed by atoms with Gasteiger partial charge in [-0.05, 0) is 18.6 Å². The number of carbonyl (C=O) groups is 5. The molecule has 2 N–H and O–H groups in total. The highest BCUT2D eigenvalue weighted by Crippen LogP contribution is 2.11. The van der Waals surface area contributed by atoms with Crippen molar-refractivity contribution in [2.24, 2.45) is 5.92 Å². The highest BCUT2D eigenvalue weighted by Gasteiger charge is 2.27. The molecule has 2 unspecified atom stereocenters. The first-order chi connectivity index (χ1) is 13.5. The minimum atomic E-state index is -1.05. The third-order valence-corrected chi connectivity index (χ3v) is 4.19. The van der Waals surface area contributed by atoms with Crippen molar-refractivity contribution >= 4 is 30.2 Å². The lowest BCUT2D eigenvalue weighted by Gasteiger charge is -2.20. The van der Waals surface area contributed by atoms with E-state index in [1.165, 1.54) is 6.20 Å². The third-order valence-electron chi connectivity index (χ3n) is 4.19. The Morgan fingerprint density at radius 1 is 1.18 bits per heavy atom. The number of ketones is 1. The van der Waals surface area contributed by atoms with Crippen LogP contribution < -0.4 is 10.6 Å². The number of Topliss-reactive ketones (excluding diaryl/α,β-unsaturated/α-hetero) is 1. The van der Waals surface area contributed by atoms with E-state index in [0.29, 0.717) is 19.0 Å². The Bertz CT molecular complexity index is 663. The predicted octanol–water partition coefficient (Wildman–Crippen LogP) is 1.24. The van der Waals surface area contributed by atoms with Gasteiger partial charge in [0.25, 0.3) is 5.91 Å². The second kappa shape index (κ2) is 13.3. The molecule has 2 atom stereocenters. The summed E-state index contributed by atoms with van der Waals surface area (Å²) < 4.78 is 0. The minimum absolute atomic E-state index is 0.0183. The monoisotopic (exact) mass is 389 g/mol. The zero-order valence-electron chi connectivity index (χ0n) is 16.1. The zero-order valence-corrected chi connectivity index (χ0v) is 16.1. The molecule has 1 aromatic rings. The van der Waals surface area contributed by atoms with Crippen molar-refractivity contribution in [1.82, 2.24) is 15.6 Å². The van der Waals surface area contributed by atoms with Gasteiger partial charge in [-0.15, -0.1) is 0 Å². The summed E-state index contributed by atoms with van der Waals surface area (Å²) in [6.07, 6.45) is 5.21. The molecule has 0 fully saturated rings. The molecule has 0 saturated carbocycles. The van der Waals surface area contributed by atoms with Gasteiger partial charge in [0.05, 0.1) is 12.0 Å². The zero-order chi connectivity index (χ0) is 20.8. The largest absolute Gasteiger partial charge is 0.350 e. The van der Waals surface area contributed by atoms with Gasteiger partial charge in [-0.25, -0.2) is 0 Å². The van der Waals surface area contributed by atoms with Gasteiger partial charge in [0.1, 0.15) is 18.3 Å². The Labute approximate surface area is 164 Å². The van der Waals surface area contributed by atoms with Gasteiger partial charge in [-0.1, -0.05) is 32.3 Å². The van der Waals surface area contributed by atoms with E-state index in [2.05, 4.69) is 15.6 Å². The summed E-state index contributed by atoms with van der Waals surface area (Å²) in [5.41, 5.74) is 0.248. The van der Waals surface area contributed by atoms with Crippen LogP contribution in [0.1, 0.15) is 55.9 Å². The summed E-state index contributed by atoms with van der Waals surface area (Å²) in [5.74, 6) is -2.31. The molecule has 0 bridgehead atoms. The van der Waals surface area contributed by atoms with Crippen LogP contribution in [0.15, 0.2) is 24.4 Å². The normalized spacial score (nSPS) is 12.5. The van der Waals surface area contributed by atoms with E-state index in [1.807, 2.05) is 6.92 Å². The molecule has 0 aliphatic rings. The van der Waals surface area contributed by atoms with E-state index < -0.39 is 29.6 Å². The number of pyridine rings is 1. The standard InChI is InChI=1S/C20H27N3O5/c1-2-3-4-7-16(19(27)15(14-25)10-13-24)23-18(26)9-12-22-20(28)17-8-5-6-11-21-17/h5-6,8,11,13-16H,2-4,7,9-10,12H2,1H3,(H,22,28)(H,23,26). The van der Waals surface area contributed by atoms with Gasteiger partial charge >= 0.3 is 0 Å². The van der Waals surface area contributed by atoms with E-state index in [4.69, 9.17) is 0 Å². The lowest BCUT2D eigenvalue weighted by atomic mass is 9.93. The molecule has 152 valence electrons. The van der Waals surface area contributed by atoms with E-state index in [-0.39, 0.29) is 25.1 Å². The average Bonchev–Trinajstić information content (AvgIpc) is 2.71. The van der Waals surface area contributed by atoms with Crippen LogP contribution in [0.4, 0.5) is 0 Å². The number of nitrogens with zero attached hydrogens (tertiary/aromatic N) is 1. The van der Waals surface area contributed by atoms with Crippen LogP contribution in [0.25, 0.3) is 0 Å². The summed E-state index contributed by atoms with van der Waals surface area (Å²) in [5, 5.41) is 5.22. The van der Waals surface area contributed by atoms with Crippen LogP contribution in [0.5, 0.6) is 0 Å². The fraction of sp³-hybridized carbons (Fsp3) is 0.500. The number of aromatic nitrogens is 1. The van der Waals surface area contributed by atoms with E-state index in [0.717, 1.165) is 19.3 Å². The molecule has 0 aliphatic carbocycles. The van der Waals surface area contributed by atoms with Gasteiger partial charge < -0.3 is 20.2 Å². The van der Waals surface area contributed by atoms with Crippen LogP contribution >= 0.6 is 0 Å². The fourth-order valence-electron chi connectivity index (χ4n) is 2.63. The SMILES string of the molecule is CCCCCC(NC(=O)CCNC(=O)c1ccccn1)C(=O)C(C=O)CC=O. The number of nitrogens with one attached hydrogen (secondary N) is 2. The van der Waals surface area contributed by atoms with Gasteiger partial charge in [0.15, 0.2) is 5.78 Å². The lowest BCUT2D eigenvalue weighted by molar-refractivity contribution is -0.133. The van der Waals surface area contributed by atoms with Crippen molar-refractivity contribution in [1.29, 1.82) is 0 Å². The number of unbranched alkanes of at least 4 members (excludes halogenated alkanes) is 2. The lowest BCUT2D eigenvalue weighted by Crippen LogP contribution is -2.45. The summed E-state index contributed by atoms with van der Waals surface area (Å²) >= 11 is 0. The number of hydrogen-bond acceptors (Lipinski definition) is 6. The molecule has 1 heterocycles. The minimum Gasteiger partial charge on any atom is -0.350 e. The summed E-state index contributed by atoms with van der Waals surface area (Å²) in [6.45, 7) is 2.10. The van der Waals surface area contributed by atoms with Crippen molar-refractivity contribution in [3.05, 3.63) is 30.1 Å². The quantitative estimate of drug-likeness (QED) is 0.280. The molecular formula is C20H27N3O5. The fourth-order valence-corrected chi connectivity index (χ4v) is 2.63. The molecule has 8 heteroatoms. The maximum Gasteiger partial charge on any atom is 0.269 e. The first kappa shape index (κ1) is 23.1. The van der Waals surface area contributed by atoms with Crippen molar-refractivity contribution < 1.29 is 24.0 Å². The second-order valence-electron chi connectivity index (χ2n) is 6.38. The van der Waals surface area contributed by atoms with Gasteiger partial charge in [-0.2, -0.15) is 0 Å². The Hall–Kier alpha value is -2.90. The molecule has 1 rings (SSSR count). The number of amides is 2. The number of aldehydes is 2. The molecule has 0 aliphatic heterocycles. The molecular weight excluding hydrogens is 362 g/mol. The molecule has 2 amide bonds. The average molecular weight is 389 g/mol. The first-order valence-electron chi connectivity index (χ1n) is 9.44. The summed E-state index contributed by atoms with van der Waals surface area (Å²) in [7, 11) is 0. The van der Waals surface area contributed by atoms with Crippen LogP contribution in [0, 0.1) is 5.92 Å². The van der Waals surface area contributed by atoms with Crippen molar-refractivity contribution in [2.45, 2.75) is 51.5 Å². The molecule has 1 aromatic heterocycles. The van der Waals surface area contributed by atoms with E-state index >= 15 is 0 Å². The highest BCUT2D eigenvalue weighted by atomic mass is 16.2. The molecule has 0 saturated heterocycles. The Morgan fingerprint density at radius 2 is 1.96 bits per heavy atom. The smallest absolute Gasteiger partial charge is 0.269 e. The maximum absolute atomic E-state index is 12.5. The number of carbonyl (C=O) groups excluding carboxylic acids is 5.